The van der Waals surface area contributed by atoms with Crippen molar-refractivity contribution in [3.63, 3.8) is 0 Å². The van der Waals surface area contributed by atoms with Crippen LogP contribution in [0.5, 0.6) is 0 Å². The molecule has 3 N–H and O–H groups in total. The zero-order chi connectivity index (χ0) is 18.6. The van der Waals surface area contributed by atoms with E-state index in [1.165, 1.54) is 24.3 Å². The Labute approximate surface area is 150 Å². The third-order valence-electron chi connectivity index (χ3n) is 2.98. The number of carbonyl (C=O) groups is 1. The van der Waals surface area contributed by atoms with Gasteiger partial charge in [-0.05, 0) is 43.4 Å². The lowest BCUT2D eigenvalue weighted by atomic mass is 10.2. The molecule has 0 fully saturated rings. The number of rotatable bonds is 4. The molecule has 2 rings (SSSR count). The Bertz CT molecular complexity index is 831. The molecule has 1 aromatic carbocycles. The Morgan fingerprint density at radius 2 is 1.84 bits per heavy atom. The van der Waals surface area contributed by atoms with Crippen LogP contribution >= 0.6 is 23.6 Å². The number of anilines is 1. The van der Waals surface area contributed by atoms with E-state index in [0.29, 0.717) is 10.6 Å². The number of carboxylic acid groups (broad SMARTS) is 1. The Morgan fingerprint density at radius 3 is 2.44 bits per heavy atom. The number of halogens is 3. The summed E-state index contributed by atoms with van der Waals surface area (Å²) in [6.45, 7) is 1.62. The quantitative estimate of drug-likeness (QED) is 0.417. The molecule has 1 aromatic heterocycles. The summed E-state index contributed by atoms with van der Waals surface area (Å²) in [5.74, 6) is -1.04. The van der Waals surface area contributed by atoms with Crippen molar-refractivity contribution in [2.75, 3.05) is 5.32 Å². The van der Waals surface area contributed by atoms with Crippen LogP contribution in [0.15, 0.2) is 41.5 Å². The van der Waals surface area contributed by atoms with E-state index in [9.17, 15) is 18.0 Å². The number of nitrogens with zero attached hydrogens (tertiary/aromatic N) is 1. The first kappa shape index (κ1) is 18.9. The second kappa shape index (κ2) is 7.62. The summed E-state index contributed by atoms with van der Waals surface area (Å²) in [5.41, 5.74) is 1.86. The molecule has 1 heterocycles. The largest absolute Gasteiger partial charge is 0.477 e. The van der Waals surface area contributed by atoms with Crippen LogP contribution in [0, 0.1) is 0 Å². The van der Waals surface area contributed by atoms with Crippen LogP contribution in [0.25, 0.3) is 0 Å². The second-order valence-corrected chi connectivity index (χ2v) is 6.27. The van der Waals surface area contributed by atoms with E-state index < -0.39 is 17.7 Å². The third-order valence-corrected chi connectivity index (χ3v) is 4.35. The van der Waals surface area contributed by atoms with E-state index in [1.807, 2.05) is 0 Å². The van der Waals surface area contributed by atoms with Gasteiger partial charge in [0.2, 0.25) is 0 Å². The van der Waals surface area contributed by atoms with E-state index in [2.05, 4.69) is 15.8 Å². The van der Waals surface area contributed by atoms with Crippen molar-refractivity contribution in [3.05, 3.63) is 51.7 Å². The van der Waals surface area contributed by atoms with Crippen molar-refractivity contribution in [2.24, 2.45) is 5.10 Å². The Kier molecular flexibility index (Phi) is 5.75. The molecule has 0 saturated carbocycles. The number of carboxylic acids is 1. The van der Waals surface area contributed by atoms with E-state index >= 15 is 0 Å². The fourth-order valence-corrected chi connectivity index (χ4v) is 2.77. The van der Waals surface area contributed by atoms with Crippen molar-refractivity contribution in [2.45, 2.75) is 13.1 Å². The van der Waals surface area contributed by atoms with Crippen molar-refractivity contribution in [1.29, 1.82) is 0 Å². The average Bonchev–Trinajstić information content (AvgIpc) is 3.02. The molecular weight excluding hydrogens is 375 g/mol. The summed E-state index contributed by atoms with van der Waals surface area (Å²) in [5, 5.41) is 15.2. The predicted molar refractivity (Wildman–Crippen MR) is 94.3 cm³/mol. The minimum Gasteiger partial charge on any atom is -0.477 e. The maximum Gasteiger partial charge on any atom is 0.418 e. The van der Waals surface area contributed by atoms with Gasteiger partial charge >= 0.3 is 12.1 Å². The van der Waals surface area contributed by atoms with Gasteiger partial charge in [-0.1, -0.05) is 12.1 Å². The first-order chi connectivity index (χ1) is 11.7. The topological polar surface area (TPSA) is 73.7 Å². The van der Waals surface area contributed by atoms with E-state index in [-0.39, 0.29) is 15.7 Å². The second-order valence-electron chi connectivity index (χ2n) is 4.78. The van der Waals surface area contributed by atoms with Crippen molar-refractivity contribution in [1.82, 2.24) is 5.43 Å². The highest BCUT2D eigenvalue weighted by atomic mass is 32.1. The van der Waals surface area contributed by atoms with Gasteiger partial charge < -0.3 is 10.4 Å². The Morgan fingerprint density at radius 1 is 1.20 bits per heavy atom. The van der Waals surface area contributed by atoms with Crippen molar-refractivity contribution in [3.8, 4) is 0 Å². The van der Waals surface area contributed by atoms with Gasteiger partial charge in [-0.3, -0.25) is 5.43 Å². The number of thiophene rings is 1. The van der Waals surface area contributed by atoms with Crippen LogP contribution in [-0.2, 0) is 6.18 Å². The summed E-state index contributed by atoms with van der Waals surface area (Å²) in [6, 6.07) is 7.96. The number of thiocarbonyl (C=S) groups is 1. The molecule has 0 amide bonds. The number of hydrogen-bond acceptors (Lipinski definition) is 4. The fourth-order valence-electron chi connectivity index (χ4n) is 1.83. The molecule has 0 aliphatic carbocycles. The maximum atomic E-state index is 12.9. The zero-order valence-electron chi connectivity index (χ0n) is 12.7. The molecule has 0 atom stereocenters. The highest BCUT2D eigenvalue weighted by molar-refractivity contribution is 7.80. The highest BCUT2D eigenvalue weighted by Crippen LogP contribution is 2.34. The van der Waals surface area contributed by atoms with Crippen molar-refractivity contribution < 1.29 is 23.1 Å². The smallest absolute Gasteiger partial charge is 0.418 e. The third kappa shape index (κ3) is 5.00. The fraction of sp³-hybridized carbons (Fsp3) is 0.133. The van der Waals surface area contributed by atoms with Gasteiger partial charge in [-0.2, -0.15) is 18.3 Å². The molecule has 0 aliphatic heterocycles. The molecule has 2 aromatic rings. The van der Waals surface area contributed by atoms with Crippen LogP contribution in [0.2, 0.25) is 0 Å². The van der Waals surface area contributed by atoms with Gasteiger partial charge in [0.1, 0.15) is 4.88 Å². The minimum atomic E-state index is -4.51. The Hall–Kier alpha value is -2.46. The zero-order valence-corrected chi connectivity index (χ0v) is 14.4. The lowest BCUT2D eigenvalue weighted by Crippen LogP contribution is -2.26. The number of para-hydroxylation sites is 1. The summed E-state index contributed by atoms with van der Waals surface area (Å²) in [6.07, 6.45) is -4.51. The van der Waals surface area contributed by atoms with E-state index in [0.717, 1.165) is 17.4 Å². The monoisotopic (exact) mass is 387 g/mol. The summed E-state index contributed by atoms with van der Waals surface area (Å²) >= 11 is 5.97. The van der Waals surface area contributed by atoms with Gasteiger partial charge in [0.05, 0.1) is 21.8 Å². The van der Waals surface area contributed by atoms with Crippen LogP contribution in [-0.4, -0.2) is 21.9 Å². The standard InChI is InChI=1S/C15H12F3N3O2S2/c1-8(11-6-7-12(25-11)13(22)23)20-21-14(24)19-10-5-3-2-4-9(10)15(16,17)18/h2-7H,1H3,(H,22,23)(H2,19,21,24)/b20-8-. The van der Waals surface area contributed by atoms with Gasteiger partial charge in [0, 0.05) is 0 Å². The van der Waals surface area contributed by atoms with E-state index in [4.69, 9.17) is 17.3 Å². The summed E-state index contributed by atoms with van der Waals surface area (Å²) < 4.78 is 38.8. The number of alkyl halides is 3. The van der Waals surface area contributed by atoms with Crippen LogP contribution in [0.3, 0.4) is 0 Å². The van der Waals surface area contributed by atoms with Gasteiger partial charge in [0.15, 0.2) is 5.11 Å². The van der Waals surface area contributed by atoms with Gasteiger partial charge in [0.25, 0.3) is 0 Å². The number of hydrazone groups is 1. The van der Waals surface area contributed by atoms with Crippen LogP contribution < -0.4 is 10.7 Å². The van der Waals surface area contributed by atoms with E-state index in [1.54, 1.807) is 13.0 Å². The molecule has 0 bridgehead atoms. The lowest BCUT2D eigenvalue weighted by Gasteiger charge is -2.14. The molecule has 0 unspecified atom stereocenters. The predicted octanol–water partition coefficient (Wildman–Crippen LogP) is 4.18. The molecule has 5 nitrogen and oxygen atoms in total. The molecule has 0 radical (unpaired) electrons. The molecule has 25 heavy (non-hydrogen) atoms. The highest BCUT2D eigenvalue weighted by Gasteiger charge is 2.33. The van der Waals surface area contributed by atoms with Gasteiger partial charge in [-0.15, -0.1) is 11.3 Å². The minimum absolute atomic E-state index is 0.119. The number of benzene rings is 1. The number of nitrogens with one attached hydrogen (secondary N) is 2. The lowest BCUT2D eigenvalue weighted by molar-refractivity contribution is -0.136. The molecule has 10 heteroatoms. The van der Waals surface area contributed by atoms with Gasteiger partial charge in [-0.25, -0.2) is 4.79 Å². The summed E-state index contributed by atoms with van der Waals surface area (Å²) in [7, 11) is 0. The molecule has 0 aliphatic rings. The number of hydrogen-bond donors (Lipinski definition) is 3. The molecule has 0 saturated heterocycles. The van der Waals surface area contributed by atoms with Crippen LogP contribution in [0.4, 0.5) is 18.9 Å². The normalized spacial score (nSPS) is 11.9. The Balaban J connectivity index is 2.07. The average molecular weight is 387 g/mol. The first-order valence-electron chi connectivity index (χ1n) is 6.79. The molecular formula is C15H12F3N3O2S2. The first-order valence-corrected chi connectivity index (χ1v) is 8.02. The SMILES string of the molecule is C/C(=N/NC(=S)Nc1ccccc1C(F)(F)F)c1ccc(C(=O)O)s1. The number of aromatic carboxylic acids is 1. The van der Waals surface area contributed by atoms with Crippen LogP contribution in [0.1, 0.15) is 27.0 Å². The summed E-state index contributed by atoms with van der Waals surface area (Å²) in [4.78, 5) is 11.6. The maximum absolute atomic E-state index is 12.9. The molecule has 0 spiro atoms. The molecule has 132 valence electrons. The van der Waals surface area contributed by atoms with Crippen molar-refractivity contribution >= 4 is 46.0 Å².